The van der Waals surface area contributed by atoms with Crippen LogP contribution >= 0.6 is 11.3 Å². The minimum atomic E-state index is -0.319. The summed E-state index contributed by atoms with van der Waals surface area (Å²) in [6, 6.07) is 6.75. The molecule has 1 saturated heterocycles. The number of ether oxygens (including phenoxy) is 1. The molecule has 178 valence electrons. The second kappa shape index (κ2) is 9.68. The molecule has 3 heterocycles. The van der Waals surface area contributed by atoms with Crippen LogP contribution in [0.15, 0.2) is 24.3 Å². The maximum atomic E-state index is 13.0. The van der Waals surface area contributed by atoms with Gasteiger partial charge in [-0.3, -0.25) is 24.1 Å². The number of imide groups is 1. The van der Waals surface area contributed by atoms with E-state index in [9.17, 15) is 19.2 Å². The van der Waals surface area contributed by atoms with E-state index in [0.29, 0.717) is 34.7 Å². The van der Waals surface area contributed by atoms with Gasteiger partial charge < -0.3 is 15.4 Å². The van der Waals surface area contributed by atoms with Gasteiger partial charge in [0.25, 0.3) is 17.7 Å². The van der Waals surface area contributed by atoms with Crippen molar-refractivity contribution in [2.75, 3.05) is 25.0 Å². The van der Waals surface area contributed by atoms with Gasteiger partial charge in [0.05, 0.1) is 22.8 Å². The van der Waals surface area contributed by atoms with E-state index >= 15 is 0 Å². The Kier molecular flexibility index (Phi) is 6.47. The molecule has 8 nitrogen and oxygen atoms in total. The Labute approximate surface area is 201 Å². The summed E-state index contributed by atoms with van der Waals surface area (Å²) in [7, 11) is 0. The highest BCUT2D eigenvalue weighted by Crippen LogP contribution is 2.39. The minimum Gasteiger partial charge on any atom is -0.376 e. The molecule has 0 spiro atoms. The van der Waals surface area contributed by atoms with E-state index in [1.165, 1.54) is 16.2 Å². The summed E-state index contributed by atoms with van der Waals surface area (Å²) >= 11 is 1.47. The van der Waals surface area contributed by atoms with Crippen molar-refractivity contribution in [2.45, 2.75) is 51.0 Å². The molecular formula is C25H27N3O5S. The van der Waals surface area contributed by atoms with Crippen molar-refractivity contribution in [2.24, 2.45) is 0 Å². The molecule has 2 aliphatic heterocycles. The number of benzene rings is 1. The Balaban J connectivity index is 1.18. The van der Waals surface area contributed by atoms with E-state index in [1.807, 2.05) is 0 Å². The lowest BCUT2D eigenvalue weighted by atomic mass is 10.1. The lowest BCUT2D eigenvalue weighted by Crippen LogP contribution is -2.32. The molecule has 1 atom stereocenters. The third-order valence-corrected chi connectivity index (χ3v) is 7.79. The van der Waals surface area contributed by atoms with Crippen LogP contribution in [0.25, 0.3) is 0 Å². The predicted octanol–water partition coefficient (Wildman–Crippen LogP) is 3.16. The van der Waals surface area contributed by atoms with Crippen molar-refractivity contribution in [1.82, 2.24) is 10.2 Å². The van der Waals surface area contributed by atoms with Gasteiger partial charge in [0.2, 0.25) is 5.91 Å². The van der Waals surface area contributed by atoms with Gasteiger partial charge in [-0.2, -0.15) is 0 Å². The molecule has 1 aliphatic carbocycles. The molecule has 5 rings (SSSR count). The van der Waals surface area contributed by atoms with Crippen LogP contribution in [0, 0.1) is 0 Å². The summed E-state index contributed by atoms with van der Waals surface area (Å²) in [5.41, 5.74) is 2.42. The highest BCUT2D eigenvalue weighted by atomic mass is 32.1. The van der Waals surface area contributed by atoms with Crippen molar-refractivity contribution < 1.29 is 23.9 Å². The van der Waals surface area contributed by atoms with Crippen molar-refractivity contribution in [3.05, 3.63) is 51.4 Å². The first kappa shape index (κ1) is 22.7. The maximum Gasteiger partial charge on any atom is 0.261 e. The van der Waals surface area contributed by atoms with Crippen LogP contribution in [-0.2, 0) is 22.4 Å². The number of hydrogen-bond donors (Lipinski definition) is 2. The molecule has 2 aromatic rings. The fraction of sp³-hybridized carbons (Fsp3) is 0.440. The first-order chi connectivity index (χ1) is 16.5. The Morgan fingerprint density at radius 1 is 1.09 bits per heavy atom. The van der Waals surface area contributed by atoms with Gasteiger partial charge in [0.15, 0.2) is 0 Å². The van der Waals surface area contributed by atoms with Gasteiger partial charge in [0.1, 0.15) is 5.00 Å². The van der Waals surface area contributed by atoms with Gasteiger partial charge in [0, 0.05) is 31.0 Å². The molecular weight excluding hydrogens is 454 g/mol. The molecule has 0 radical (unpaired) electrons. The number of fused-ring (bicyclic) bond motifs is 2. The average Bonchev–Trinajstić information content (AvgIpc) is 3.60. The molecule has 1 aromatic carbocycles. The van der Waals surface area contributed by atoms with E-state index in [1.54, 1.807) is 24.3 Å². The Morgan fingerprint density at radius 2 is 1.85 bits per heavy atom. The Morgan fingerprint density at radius 3 is 2.56 bits per heavy atom. The summed E-state index contributed by atoms with van der Waals surface area (Å²) < 4.78 is 5.60. The van der Waals surface area contributed by atoms with Gasteiger partial charge in [-0.1, -0.05) is 12.1 Å². The summed E-state index contributed by atoms with van der Waals surface area (Å²) in [5, 5.41) is 6.48. The minimum absolute atomic E-state index is 0.0517. The third-order valence-electron chi connectivity index (χ3n) is 6.58. The molecule has 0 saturated carbocycles. The zero-order valence-corrected chi connectivity index (χ0v) is 19.7. The largest absolute Gasteiger partial charge is 0.376 e. The molecule has 3 aliphatic rings. The number of nitrogens with one attached hydrogen (secondary N) is 2. The van der Waals surface area contributed by atoms with Gasteiger partial charge in [-0.15, -0.1) is 11.3 Å². The van der Waals surface area contributed by atoms with Gasteiger partial charge in [-0.05, 0) is 56.2 Å². The number of rotatable bonds is 8. The molecule has 1 fully saturated rings. The molecule has 1 aromatic heterocycles. The number of carbonyl (C=O) groups is 4. The van der Waals surface area contributed by atoms with Crippen LogP contribution < -0.4 is 10.6 Å². The Bertz CT molecular complexity index is 1120. The molecule has 9 heteroatoms. The summed E-state index contributed by atoms with van der Waals surface area (Å²) in [4.78, 5) is 53.0. The maximum absolute atomic E-state index is 13.0. The monoisotopic (exact) mass is 481 g/mol. The zero-order chi connectivity index (χ0) is 23.7. The first-order valence-corrected chi connectivity index (χ1v) is 12.6. The van der Waals surface area contributed by atoms with E-state index in [4.69, 9.17) is 4.74 Å². The quantitative estimate of drug-likeness (QED) is 0.564. The summed E-state index contributed by atoms with van der Waals surface area (Å²) in [6.45, 7) is 1.38. The number of carbonyl (C=O) groups excluding carboxylic acids is 4. The van der Waals surface area contributed by atoms with Crippen molar-refractivity contribution in [3.63, 3.8) is 0 Å². The number of hydrogen-bond acceptors (Lipinski definition) is 6. The van der Waals surface area contributed by atoms with Crippen molar-refractivity contribution in [1.29, 1.82) is 0 Å². The molecule has 4 amide bonds. The third kappa shape index (κ3) is 4.37. The van der Waals surface area contributed by atoms with Gasteiger partial charge >= 0.3 is 0 Å². The lowest BCUT2D eigenvalue weighted by molar-refractivity contribution is -0.116. The van der Waals surface area contributed by atoms with Crippen LogP contribution in [0.1, 0.15) is 73.6 Å². The standard InChI is InChI=1S/C25H27N3O5S/c29-20(11-4-12-28-24(31)16-7-1-2-8-17(16)25(28)32)27-23-21(18-9-3-10-19(18)34-23)22(30)26-14-15-6-5-13-33-15/h1-2,7-8,15H,3-6,9-14H2,(H,26,30)(H,27,29)/t15-/m1/s1. The summed E-state index contributed by atoms with van der Waals surface area (Å²) in [6.07, 6.45) is 5.27. The van der Waals surface area contributed by atoms with Crippen LogP contribution in [0.4, 0.5) is 5.00 Å². The fourth-order valence-corrected chi connectivity index (χ4v) is 6.16. The van der Waals surface area contributed by atoms with E-state index < -0.39 is 0 Å². The second-order valence-corrected chi connectivity index (χ2v) is 9.97. The van der Waals surface area contributed by atoms with Gasteiger partial charge in [-0.25, -0.2) is 0 Å². The van der Waals surface area contributed by atoms with Crippen LogP contribution in [-0.4, -0.2) is 54.3 Å². The fourth-order valence-electron chi connectivity index (χ4n) is 4.86. The Hall–Kier alpha value is -3.04. The van der Waals surface area contributed by atoms with E-state index in [0.717, 1.165) is 49.2 Å². The molecule has 34 heavy (non-hydrogen) atoms. The topological polar surface area (TPSA) is 105 Å². The van der Waals surface area contributed by atoms with Crippen molar-refractivity contribution >= 4 is 40.0 Å². The molecule has 0 bridgehead atoms. The van der Waals surface area contributed by atoms with E-state index in [-0.39, 0.29) is 42.7 Å². The lowest BCUT2D eigenvalue weighted by Gasteiger charge is -2.14. The smallest absolute Gasteiger partial charge is 0.261 e. The molecule has 2 N–H and O–H groups in total. The van der Waals surface area contributed by atoms with Crippen LogP contribution in [0.5, 0.6) is 0 Å². The first-order valence-electron chi connectivity index (χ1n) is 11.8. The van der Waals surface area contributed by atoms with Crippen LogP contribution in [0.3, 0.4) is 0 Å². The number of aryl methyl sites for hydroxylation is 1. The predicted molar refractivity (Wildman–Crippen MR) is 127 cm³/mol. The highest BCUT2D eigenvalue weighted by Gasteiger charge is 2.34. The zero-order valence-electron chi connectivity index (χ0n) is 18.9. The molecule has 0 unspecified atom stereocenters. The SMILES string of the molecule is O=C(CCCN1C(=O)c2ccccc2C1=O)Nc1sc2c(c1C(=O)NC[C@H]1CCCO1)CCC2. The average molecular weight is 482 g/mol. The number of nitrogens with zero attached hydrogens (tertiary/aromatic N) is 1. The summed E-state index contributed by atoms with van der Waals surface area (Å²) in [5.74, 6) is -1.04. The number of thiophene rings is 1. The number of anilines is 1. The highest BCUT2D eigenvalue weighted by molar-refractivity contribution is 7.17. The second-order valence-electron chi connectivity index (χ2n) is 8.87. The number of amides is 4. The van der Waals surface area contributed by atoms with Crippen LogP contribution in [0.2, 0.25) is 0 Å². The van der Waals surface area contributed by atoms with E-state index in [2.05, 4.69) is 10.6 Å². The van der Waals surface area contributed by atoms with Crippen molar-refractivity contribution in [3.8, 4) is 0 Å². The normalized spacial score (nSPS) is 18.8.